The summed E-state index contributed by atoms with van der Waals surface area (Å²) in [6, 6.07) is 10.1. The van der Waals surface area contributed by atoms with Gasteiger partial charge < -0.3 is 20.3 Å². The molecular formula is C31H24F9N3O4. The average Bonchev–Trinajstić information content (AvgIpc) is 3.78. The van der Waals surface area contributed by atoms with Crippen molar-refractivity contribution < 1.29 is 58.6 Å². The first-order valence-corrected chi connectivity index (χ1v) is 14.0. The molecule has 2 N–H and O–H groups in total. The number of anilines is 1. The maximum Gasteiger partial charge on any atom is 0.573 e. The molecule has 1 heterocycles. The fourth-order valence-electron chi connectivity index (χ4n) is 5.25. The SMILES string of the molecule is O=C(NC1(C(=O)NC2CCc3cc(OC(F)(F)F)ccc3N(Cc3cc(C(F)(F)F)cc(C(F)(F)F)c3)C2=O)CC1)c1ccccc1. The molecule has 2 aliphatic rings. The van der Waals surface area contributed by atoms with E-state index in [-0.39, 0.29) is 48.6 Å². The second-order valence-electron chi connectivity index (χ2n) is 11.1. The number of hydrogen-bond donors (Lipinski definition) is 2. The average molecular weight is 674 g/mol. The van der Waals surface area contributed by atoms with Crippen LogP contribution in [0.3, 0.4) is 0 Å². The third kappa shape index (κ3) is 7.80. The molecule has 5 rings (SSSR count). The topological polar surface area (TPSA) is 87.7 Å². The van der Waals surface area contributed by atoms with Crippen LogP contribution in [0.4, 0.5) is 45.2 Å². The van der Waals surface area contributed by atoms with Gasteiger partial charge in [-0.2, -0.15) is 26.3 Å². The predicted octanol–water partition coefficient (Wildman–Crippen LogP) is 6.55. The molecule has 0 bridgehead atoms. The smallest absolute Gasteiger partial charge is 0.406 e. The second-order valence-corrected chi connectivity index (χ2v) is 11.1. The molecule has 3 aromatic carbocycles. The lowest BCUT2D eigenvalue weighted by Crippen LogP contribution is -2.55. The van der Waals surface area contributed by atoms with E-state index in [1.54, 1.807) is 18.2 Å². The predicted molar refractivity (Wildman–Crippen MR) is 147 cm³/mol. The van der Waals surface area contributed by atoms with E-state index in [0.29, 0.717) is 12.1 Å². The first kappa shape index (κ1) is 33.6. The van der Waals surface area contributed by atoms with Crippen LogP contribution in [-0.2, 0) is 34.9 Å². The number of hydrogen-bond acceptors (Lipinski definition) is 4. The number of alkyl halides is 9. The number of benzene rings is 3. The van der Waals surface area contributed by atoms with Crippen molar-refractivity contribution in [2.45, 2.75) is 62.5 Å². The summed E-state index contributed by atoms with van der Waals surface area (Å²) in [5.74, 6) is -2.95. The molecule has 47 heavy (non-hydrogen) atoms. The molecule has 1 aliphatic heterocycles. The van der Waals surface area contributed by atoms with Gasteiger partial charge in [0.2, 0.25) is 11.8 Å². The number of carbonyl (C=O) groups excluding carboxylic acids is 3. The van der Waals surface area contributed by atoms with E-state index in [2.05, 4.69) is 15.4 Å². The van der Waals surface area contributed by atoms with Crippen LogP contribution in [0, 0.1) is 0 Å². The molecule has 3 aromatic rings. The molecule has 1 fully saturated rings. The Kier molecular flexibility index (Phi) is 8.66. The molecule has 1 aliphatic carbocycles. The molecule has 0 saturated heterocycles. The second kappa shape index (κ2) is 12.1. The van der Waals surface area contributed by atoms with Crippen molar-refractivity contribution in [3.63, 3.8) is 0 Å². The first-order valence-electron chi connectivity index (χ1n) is 14.0. The third-order valence-corrected chi connectivity index (χ3v) is 7.71. The molecular weight excluding hydrogens is 649 g/mol. The minimum absolute atomic E-state index is 0.0541. The summed E-state index contributed by atoms with van der Waals surface area (Å²) in [6.07, 6.45) is -15.4. The highest BCUT2D eigenvalue weighted by molar-refractivity contribution is 6.04. The van der Waals surface area contributed by atoms with Gasteiger partial charge >= 0.3 is 18.7 Å². The van der Waals surface area contributed by atoms with Crippen molar-refractivity contribution in [3.8, 4) is 5.75 Å². The number of amides is 3. The fourth-order valence-corrected chi connectivity index (χ4v) is 5.25. The zero-order chi connectivity index (χ0) is 34.4. The van der Waals surface area contributed by atoms with Gasteiger partial charge in [-0.25, -0.2) is 0 Å². The molecule has 1 saturated carbocycles. The molecule has 16 heteroatoms. The van der Waals surface area contributed by atoms with Crippen molar-refractivity contribution in [1.29, 1.82) is 0 Å². The van der Waals surface area contributed by atoms with E-state index in [9.17, 15) is 53.9 Å². The Labute approximate surface area is 260 Å². The molecule has 7 nitrogen and oxygen atoms in total. The van der Waals surface area contributed by atoms with Gasteiger partial charge in [0, 0.05) is 11.3 Å². The van der Waals surface area contributed by atoms with E-state index < -0.39 is 77.0 Å². The van der Waals surface area contributed by atoms with Crippen LogP contribution in [-0.4, -0.2) is 35.7 Å². The quantitative estimate of drug-likeness (QED) is 0.279. The summed E-state index contributed by atoms with van der Waals surface area (Å²) in [6.45, 7) is -0.861. The Morgan fingerprint density at radius 2 is 1.47 bits per heavy atom. The van der Waals surface area contributed by atoms with Crippen LogP contribution in [0.2, 0.25) is 0 Å². The molecule has 0 radical (unpaired) electrons. The standard InChI is InChI=1S/C31H24F9N3O4/c32-29(33,34)20-12-17(13-21(15-20)30(35,36)37)16-43-24-9-7-22(47-31(38,39)40)14-19(24)6-8-23(26(43)45)41-27(46)28(10-11-28)42-25(44)18-4-2-1-3-5-18/h1-5,7,9,12-15,23H,6,8,10-11,16H2,(H,41,46)(H,42,44). The van der Waals surface area contributed by atoms with Gasteiger partial charge in [-0.05, 0) is 85.3 Å². The first-order chi connectivity index (χ1) is 21.8. The Hall–Kier alpha value is -4.76. The van der Waals surface area contributed by atoms with Gasteiger partial charge in [0.15, 0.2) is 0 Å². The van der Waals surface area contributed by atoms with Gasteiger partial charge in [0.1, 0.15) is 17.3 Å². The third-order valence-electron chi connectivity index (χ3n) is 7.71. The van der Waals surface area contributed by atoms with Gasteiger partial charge in [-0.3, -0.25) is 14.4 Å². The van der Waals surface area contributed by atoms with Crippen LogP contribution in [0.1, 0.15) is 51.9 Å². The van der Waals surface area contributed by atoms with Crippen molar-refractivity contribution >= 4 is 23.4 Å². The zero-order valence-corrected chi connectivity index (χ0v) is 23.9. The van der Waals surface area contributed by atoms with Gasteiger partial charge in [-0.1, -0.05) is 18.2 Å². The summed E-state index contributed by atoms with van der Waals surface area (Å²) in [5.41, 5.74) is -5.02. The number of carbonyl (C=O) groups is 3. The molecule has 1 unspecified atom stereocenters. The fraction of sp³-hybridized carbons (Fsp3) is 0.323. The Morgan fingerprint density at radius 3 is 2.02 bits per heavy atom. The molecule has 0 aromatic heterocycles. The summed E-state index contributed by atoms with van der Waals surface area (Å²) < 4.78 is 124. The highest BCUT2D eigenvalue weighted by Crippen LogP contribution is 2.39. The van der Waals surface area contributed by atoms with Gasteiger partial charge in [0.25, 0.3) is 5.91 Å². The summed E-state index contributed by atoms with van der Waals surface area (Å²) in [5, 5.41) is 5.16. The number of ether oxygens (including phenoxy) is 1. The number of aryl methyl sites for hydroxylation is 1. The highest BCUT2D eigenvalue weighted by atomic mass is 19.4. The Morgan fingerprint density at radius 1 is 0.851 bits per heavy atom. The highest BCUT2D eigenvalue weighted by Gasteiger charge is 2.52. The number of fused-ring (bicyclic) bond motifs is 1. The molecule has 250 valence electrons. The van der Waals surface area contributed by atoms with E-state index >= 15 is 0 Å². The maximum absolute atomic E-state index is 13.9. The van der Waals surface area contributed by atoms with E-state index in [1.807, 2.05) is 0 Å². The number of nitrogens with one attached hydrogen (secondary N) is 2. The van der Waals surface area contributed by atoms with E-state index in [4.69, 9.17) is 0 Å². The molecule has 1 atom stereocenters. The number of halogens is 9. The normalized spacial score (nSPS) is 17.8. The Balaban J connectivity index is 1.47. The van der Waals surface area contributed by atoms with E-state index in [0.717, 1.165) is 23.1 Å². The summed E-state index contributed by atoms with van der Waals surface area (Å²) in [4.78, 5) is 40.8. The maximum atomic E-state index is 13.9. The van der Waals surface area contributed by atoms with Gasteiger partial charge in [-0.15, -0.1) is 13.2 Å². The van der Waals surface area contributed by atoms with Crippen LogP contribution >= 0.6 is 0 Å². The zero-order valence-electron chi connectivity index (χ0n) is 23.9. The number of nitrogens with zero attached hydrogens (tertiary/aromatic N) is 1. The van der Waals surface area contributed by atoms with E-state index in [1.165, 1.54) is 12.1 Å². The minimum atomic E-state index is -5.18. The van der Waals surface area contributed by atoms with Crippen molar-refractivity contribution in [2.24, 2.45) is 0 Å². The lowest BCUT2D eigenvalue weighted by Gasteiger charge is -2.28. The van der Waals surface area contributed by atoms with Crippen molar-refractivity contribution in [3.05, 3.63) is 94.5 Å². The lowest BCUT2D eigenvalue weighted by atomic mass is 10.0. The summed E-state index contributed by atoms with van der Waals surface area (Å²) >= 11 is 0. The van der Waals surface area contributed by atoms with Gasteiger partial charge in [0.05, 0.1) is 17.7 Å². The van der Waals surface area contributed by atoms with Crippen LogP contribution in [0.15, 0.2) is 66.7 Å². The van der Waals surface area contributed by atoms with Crippen LogP contribution < -0.4 is 20.3 Å². The molecule has 3 amide bonds. The Bertz CT molecular complexity index is 1650. The number of rotatable bonds is 7. The van der Waals surface area contributed by atoms with Crippen molar-refractivity contribution in [2.75, 3.05) is 4.90 Å². The molecule has 0 spiro atoms. The largest absolute Gasteiger partial charge is 0.573 e. The van der Waals surface area contributed by atoms with Crippen molar-refractivity contribution in [1.82, 2.24) is 10.6 Å². The van der Waals surface area contributed by atoms with Crippen LogP contribution in [0.5, 0.6) is 5.75 Å². The monoisotopic (exact) mass is 673 g/mol. The minimum Gasteiger partial charge on any atom is -0.406 e. The van der Waals surface area contributed by atoms with Crippen LogP contribution in [0.25, 0.3) is 0 Å². The lowest BCUT2D eigenvalue weighted by molar-refractivity contribution is -0.274. The summed E-state index contributed by atoms with van der Waals surface area (Å²) in [7, 11) is 0.